The summed E-state index contributed by atoms with van der Waals surface area (Å²) in [5.41, 5.74) is 4.97. The minimum absolute atomic E-state index is 0.0679. The van der Waals surface area contributed by atoms with E-state index in [4.69, 9.17) is 39.0 Å². The van der Waals surface area contributed by atoms with Gasteiger partial charge in [-0.15, -0.1) is 0 Å². The molecule has 1 aromatic carbocycles. The van der Waals surface area contributed by atoms with Crippen LogP contribution in [0.25, 0.3) is 9.69 Å². The zero-order chi connectivity index (χ0) is 29.3. The smallest absolute Gasteiger partial charge is 0.342 e. The van der Waals surface area contributed by atoms with Crippen molar-refractivity contribution in [3.05, 3.63) is 91.5 Å². The van der Waals surface area contributed by atoms with Crippen molar-refractivity contribution in [1.82, 2.24) is 9.97 Å². The third kappa shape index (κ3) is 7.76. The normalized spacial score (nSPS) is 9.90. The number of halogens is 1. The Bertz CT molecular complexity index is 1470. The lowest BCUT2D eigenvalue weighted by molar-refractivity contribution is 0.0514. The van der Waals surface area contributed by atoms with Gasteiger partial charge in [0.15, 0.2) is 0 Å². The van der Waals surface area contributed by atoms with Crippen molar-refractivity contribution in [1.29, 1.82) is 0 Å². The monoisotopic (exact) mass is 548 g/mol. The lowest BCUT2D eigenvalue weighted by Crippen LogP contribution is -2.09. The molecule has 0 saturated heterocycles. The number of aryl methyl sites for hydroxylation is 5. The van der Waals surface area contributed by atoms with Crippen molar-refractivity contribution in [2.75, 3.05) is 13.2 Å². The largest absolute Gasteiger partial charge is 0.462 e. The molecule has 10 heteroatoms. The standard InChI is InChI=1S/C19H20N2O3.C10H9ClN2O2/c1-7-23-19(22)15-10-16(20-6)14(5)21-18(15)24-17-12(3)8-11(2)9-13(17)4;1-4-15-10(14)7-5-8(12-3)6(2)13-9(7)11/h8-10H,7H2,1-5H3;5H,4H2,1-2H3. The average Bonchev–Trinajstić information content (AvgIpc) is 2.87. The van der Waals surface area contributed by atoms with Crippen LogP contribution in [-0.2, 0) is 9.47 Å². The fourth-order valence-electron chi connectivity index (χ4n) is 3.57. The van der Waals surface area contributed by atoms with Gasteiger partial charge in [-0.1, -0.05) is 29.3 Å². The molecule has 0 unspecified atom stereocenters. The van der Waals surface area contributed by atoms with Crippen molar-refractivity contribution >= 4 is 34.9 Å². The molecule has 0 aliphatic rings. The first-order chi connectivity index (χ1) is 18.5. The Morgan fingerprint density at radius 1 is 0.795 bits per heavy atom. The Morgan fingerprint density at radius 3 is 1.74 bits per heavy atom. The van der Waals surface area contributed by atoms with Crippen molar-refractivity contribution in [3.8, 4) is 11.6 Å². The first-order valence-corrected chi connectivity index (χ1v) is 12.4. The Hall–Kier alpha value is -4.47. The Kier molecular flexibility index (Phi) is 11.0. The Labute approximate surface area is 233 Å². The highest BCUT2D eigenvalue weighted by Gasteiger charge is 2.20. The summed E-state index contributed by atoms with van der Waals surface area (Å²) < 4.78 is 15.8. The number of nitrogens with zero attached hydrogens (tertiary/aromatic N) is 4. The molecule has 0 bridgehead atoms. The van der Waals surface area contributed by atoms with E-state index in [2.05, 4.69) is 19.7 Å². The lowest BCUT2D eigenvalue weighted by atomic mass is 10.1. The van der Waals surface area contributed by atoms with Gasteiger partial charge in [-0.05, 0) is 71.7 Å². The second-order valence-corrected chi connectivity index (χ2v) is 8.73. The van der Waals surface area contributed by atoms with E-state index in [0.717, 1.165) is 16.7 Å². The van der Waals surface area contributed by atoms with Gasteiger partial charge in [-0.3, -0.25) is 4.98 Å². The molecule has 0 amide bonds. The highest BCUT2D eigenvalue weighted by atomic mass is 35.5. The Morgan fingerprint density at radius 2 is 1.26 bits per heavy atom. The number of esters is 2. The Balaban J connectivity index is 0.000000306. The second-order valence-electron chi connectivity index (χ2n) is 8.37. The van der Waals surface area contributed by atoms with Gasteiger partial charge in [0.1, 0.15) is 16.5 Å². The molecule has 2 aromatic heterocycles. The predicted molar refractivity (Wildman–Crippen MR) is 148 cm³/mol. The molecule has 2 heterocycles. The van der Waals surface area contributed by atoms with Gasteiger partial charge >= 0.3 is 11.9 Å². The zero-order valence-corrected chi connectivity index (χ0v) is 23.7. The third-order valence-electron chi connectivity index (χ3n) is 5.33. The summed E-state index contributed by atoms with van der Waals surface area (Å²) in [5, 5.41) is 0.0679. The van der Waals surface area contributed by atoms with E-state index >= 15 is 0 Å². The van der Waals surface area contributed by atoms with Gasteiger partial charge in [0.05, 0.1) is 31.9 Å². The van der Waals surface area contributed by atoms with Crippen molar-refractivity contribution < 1.29 is 23.8 Å². The fraction of sp³-hybridized carbons (Fsp3) is 0.310. The van der Waals surface area contributed by atoms with Crippen LogP contribution in [0.1, 0.15) is 62.6 Å². The van der Waals surface area contributed by atoms with Crippen LogP contribution in [0.4, 0.5) is 11.4 Å². The van der Waals surface area contributed by atoms with Crippen LogP contribution < -0.4 is 4.74 Å². The number of hydrogen-bond donors (Lipinski definition) is 0. The fourth-order valence-corrected chi connectivity index (χ4v) is 3.83. The van der Waals surface area contributed by atoms with Crippen LogP contribution in [0.15, 0.2) is 24.3 Å². The number of hydrogen-bond acceptors (Lipinski definition) is 7. The van der Waals surface area contributed by atoms with Crippen LogP contribution in [0.5, 0.6) is 11.6 Å². The average molecular weight is 549 g/mol. The number of ether oxygens (including phenoxy) is 3. The number of carbonyl (C=O) groups is 2. The molecule has 0 spiro atoms. The summed E-state index contributed by atoms with van der Waals surface area (Å²) in [6.45, 7) is 27.3. The summed E-state index contributed by atoms with van der Waals surface area (Å²) >= 11 is 5.77. The van der Waals surface area contributed by atoms with Gasteiger partial charge < -0.3 is 14.2 Å². The number of aromatic nitrogens is 2. The molecule has 3 rings (SSSR count). The maximum Gasteiger partial charge on any atom is 0.342 e. The summed E-state index contributed by atoms with van der Waals surface area (Å²) in [6.07, 6.45) is 0. The number of pyridine rings is 2. The van der Waals surface area contributed by atoms with Gasteiger partial charge in [-0.2, -0.15) is 0 Å². The highest BCUT2D eigenvalue weighted by Crippen LogP contribution is 2.33. The minimum Gasteiger partial charge on any atom is -0.462 e. The maximum absolute atomic E-state index is 12.2. The molecule has 9 nitrogen and oxygen atoms in total. The van der Waals surface area contributed by atoms with E-state index in [-0.39, 0.29) is 35.4 Å². The number of rotatable bonds is 6. The van der Waals surface area contributed by atoms with E-state index in [1.807, 2.05) is 32.9 Å². The van der Waals surface area contributed by atoms with E-state index in [0.29, 0.717) is 28.5 Å². The van der Waals surface area contributed by atoms with Crippen LogP contribution in [-0.4, -0.2) is 35.1 Å². The number of benzene rings is 1. The summed E-state index contributed by atoms with van der Waals surface area (Å²) in [4.78, 5) is 38.4. The molecular formula is C29H29ClN4O5. The van der Waals surface area contributed by atoms with Gasteiger partial charge in [0.25, 0.3) is 0 Å². The topological polar surface area (TPSA) is 96.3 Å². The van der Waals surface area contributed by atoms with E-state index < -0.39 is 11.9 Å². The molecule has 202 valence electrons. The zero-order valence-electron chi connectivity index (χ0n) is 22.9. The van der Waals surface area contributed by atoms with E-state index in [1.165, 1.54) is 12.1 Å². The molecule has 0 N–H and O–H groups in total. The van der Waals surface area contributed by atoms with Crippen molar-refractivity contribution in [2.24, 2.45) is 0 Å². The van der Waals surface area contributed by atoms with Crippen LogP contribution in [0, 0.1) is 47.8 Å². The molecule has 0 radical (unpaired) electrons. The highest BCUT2D eigenvalue weighted by molar-refractivity contribution is 6.32. The van der Waals surface area contributed by atoms with Gasteiger partial charge in [-0.25, -0.2) is 24.3 Å². The van der Waals surface area contributed by atoms with Gasteiger partial charge in [0.2, 0.25) is 17.3 Å². The lowest BCUT2D eigenvalue weighted by Gasteiger charge is -2.15. The first-order valence-electron chi connectivity index (χ1n) is 12.0. The maximum atomic E-state index is 12.2. The van der Waals surface area contributed by atoms with Gasteiger partial charge in [0, 0.05) is 11.4 Å². The molecule has 0 aliphatic heterocycles. The molecule has 39 heavy (non-hydrogen) atoms. The second kappa shape index (κ2) is 13.9. The molecule has 3 aromatic rings. The molecular weight excluding hydrogens is 520 g/mol. The SMILES string of the molecule is [C-]#[N+]c1cc(C(=O)OCC)c(Cl)nc1C.[C-]#[N+]c1cc(C(=O)OCC)c(Oc2c(C)cc(C)cc2C)nc1C. The molecule has 0 fully saturated rings. The first kappa shape index (κ1) is 30.8. The van der Waals surface area contributed by atoms with Crippen LogP contribution in [0.3, 0.4) is 0 Å². The molecule has 0 atom stereocenters. The van der Waals surface area contributed by atoms with Crippen molar-refractivity contribution in [2.45, 2.75) is 48.5 Å². The quantitative estimate of drug-likeness (QED) is 0.178. The van der Waals surface area contributed by atoms with Crippen LogP contribution >= 0.6 is 11.6 Å². The summed E-state index contributed by atoms with van der Waals surface area (Å²) in [6, 6.07) is 6.89. The summed E-state index contributed by atoms with van der Waals surface area (Å²) in [5.74, 6) is -0.283. The van der Waals surface area contributed by atoms with E-state index in [9.17, 15) is 9.59 Å². The minimum atomic E-state index is -0.556. The molecule has 0 saturated carbocycles. The molecule has 0 aliphatic carbocycles. The van der Waals surface area contributed by atoms with E-state index in [1.54, 1.807) is 27.7 Å². The number of carbonyl (C=O) groups excluding carboxylic acids is 2. The summed E-state index contributed by atoms with van der Waals surface area (Å²) in [7, 11) is 0. The van der Waals surface area contributed by atoms with Crippen LogP contribution in [0.2, 0.25) is 5.15 Å². The third-order valence-corrected chi connectivity index (χ3v) is 5.61. The van der Waals surface area contributed by atoms with Crippen molar-refractivity contribution in [3.63, 3.8) is 0 Å². The predicted octanol–water partition coefficient (Wildman–Crippen LogP) is 7.61.